The third-order valence-corrected chi connectivity index (χ3v) is 2.52. The second-order valence-corrected chi connectivity index (χ2v) is 5.21. The van der Waals surface area contributed by atoms with Gasteiger partial charge in [-0.25, -0.2) is 9.80 Å². The van der Waals surface area contributed by atoms with Gasteiger partial charge in [0.05, 0.1) is 0 Å². The minimum absolute atomic E-state index is 0.381. The molecule has 1 rings (SSSR count). The summed E-state index contributed by atoms with van der Waals surface area (Å²) in [6, 6.07) is 0.397. The van der Waals surface area contributed by atoms with Crippen LogP contribution in [0, 0.1) is 0 Å². The van der Waals surface area contributed by atoms with Crippen molar-refractivity contribution in [1.29, 1.82) is 0 Å². The van der Waals surface area contributed by atoms with E-state index in [0.717, 1.165) is 25.9 Å². The maximum atomic E-state index is 11.5. The number of piperidine rings is 1. The Morgan fingerprint density at radius 2 is 1.94 bits per heavy atom. The van der Waals surface area contributed by atoms with Crippen LogP contribution in [0.5, 0.6) is 0 Å². The number of hydrazine groups is 1. The highest BCUT2D eigenvalue weighted by Crippen LogP contribution is 2.10. The number of ether oxygens (including phenoxy) is 1. The van der Waals surface area contributed by atoms with Gasteiger partial charge in [-0.2, -0.15) is 0 Å². The van der Waals surface area contributed by atoms with Crippen molar-refractivity contribution in [3.8, 4) is 0 Å². The van der Waals surface area contributed by atoms with Crippen molar-refractivity contribution < 1.29 is 9.53 Å². The molecule has 1 saturated heterocycles. The van der Waals surface area contributed by atoms with Gasteiger partial charge in [0.1, 0.15) is 5.60 Å². The molecule has 0 atom stereocenters. The van der Waals surface area contributed by atoms with Crippen molar-refractivity contribution in [3.05, 3.63) is 0 Å². The first kappa shape index (κ1) is 13.3. The summed E-state index contributed by atoms with van der Waals surface area (Å²) in [5.74, 6) is 0. The molecule has 1 fully saturated rings. The highest BCUT2D eigenvalue weighted by atomic mass is 16.6. The zero-order valence-electron chi connectivity index (χ0n) is 10.7. The lowest BCUT2D eigenvalue weighted by Gasteiger charge is -2.32. The summed E-state index contributed by atoms with van der Waals surface area (Å²) < 4.78 is 5.19. The fraction of sp³-hybridized carbons (Fsp3) is 0.909. The van der Waals surface area contributed by atoms with E-state index >= 15 is 0 Å². The molecule has 0 saturated carbocycles. The molecule has 0 unspecified atom stereocenters. The Balaban J connectivity index is 2.32. The molecule has 1 amide bonds. The Kier molecular flexibility index (Phi) is 4.56. The largest absolute Gasteiger partial charge is 0.443 e. The summed E-state index contributed by atoms with van der Waals surface area (Å²) in [6.07, 6.45) is 1.71. The van der Waals surface area contributed by atoms with Gasteiger partial charge in [-0.15, -0.1) is 0 Å². The van der Waals surface area contributed by atoms with E-state index in [4.69, 9.17) is 4.74 Å². The summed E-state index contributed by atoms with van der Waals surface area (Å²) in [6.45, 7) is 7.58. The van der Waals surface area contributed by atoms with Crippen LogP contribution < -0.4 is 10.7 Å². The number of rotatable bonds is 2. The normalized spacial score (nSPS) is 18.6. The number of carbonyl (C=O) groups excluding carboxylic acids is 1. The van der Waals surface area contributed by atoms with E-state index in [9.17, 15) is 4.79 Å². The summed E-state index contributed by atoms with van der Waals surface area (Å²) in [5.41, 5.74) is 2.31. The number of nitrogens with one attached hydrogen (secondary N) is 2. The average Bonchev–Trinajstić information content (AvgIpc) is 2.16. The first-order chi connectivity index (χ1) is 7.38. The van der Waals surface area contributed by atoms with Gasteiger partial charge >= 0.3 is 6.09 Å². The third-order valence-electron chi connectivity index (χ3n) is 2.52. The summed E-state index contributed by atoms with van der Waals surface area (Å²) in [5, 5.41) is 5.15. The molecule has 0 aromatic heterocycles. The van der Waals surface area contributed by atoms with Crippen molar-refractivity contribution >= 4 is 6.09 Å². The molecule has 5 nitrogen and oxygen atoms in total. The quantitative estimate of drug-likeness (QED) is 0.696. The van der Waals surface area contributed by atoms with E-state index < -0.39 is 5.60 Å². The van der Waals surface area contributed by atoms with Gasteiger partial charge in [-0.3, -0.25) is 5.43 Å². The molecule has 0 bridgehead atoms. The Morgan fingerprint density at radius 1 is 1.38 bits per heavy atom. The minimum atomic E-state index is -0.445. The predicted molar refractivity (Wildman–Crippen MR) is 63.0 cm³/mol. The predicted octanol–water partition coefficient (Wildman–Crippen LogP) is 1.11. The fourth-order valence-electron chi connectivity index (χ4n) is 1.73. The second kappa shape index (κ2) is 5.50. The molecule has 0 radical (unpaired) electrons. The van der Waals surface area contributed by atoms with Crippen molar-refractivity contribution in [2.75, 3.05) is 20.1 Å². The molecule has 1 aliphatic heterocycles. The minimum Gasteiger partial charge on any atom is -0.443 e. The molecule has 2 N–H and O–H groups in total. The van der Waals surface area contributed by atoms with Crippen LogP contribution in [0.25, 0.3) is 0 Å². The maximum Gasteiger partial charge on any atom is 0.422 e. The van der Waals surface area contributed by atoms with E-state index in [2.05, 4.69) is 10.7 Å². The van der Waals surface area contributed by atoms with Gasteiger partial charge in [0.15, 0.2) is 0 Å². The smallest absolute Gasteiger partial charge is 0.422 e. The Labute approximate surface area is 97.5 Å². The van der Waals surface area contributed by atoms with Crippen LogP contribution >= 0.6 is 0 Å². The van der Waals surface area contributed by atoms with E-state index in [-0.39, 0.29) is 6.09 Å². The second-order valence-electron chi connectivity index (χ2n) is 5.21. The van der Waals surface area contributed by atoms with E-state index in [1.54, 1.807) is 0 Å². The zero-order valence-corrected chi connectivity index (χ0v) is 10.7. The Hall–Kier alpha value is -0.810. The molecular formula is C11H23N3O2. The van der Waals surface area contributed by atoms with Crippen molar-refractivity contribution in [3.63, 3.8) is 0 Å². The highest BCUT2D eigenvalue weighted by Gasteiger charge is 2.22. The van der Waals surface area contributed by atoms with Crippen LogP contribution in [0.1, 0.15) is 33.6 Å². The van der Waals surface area contributed by atoms with Crippen LogP contribution in [-0.2, 0) is 4.74 Å². The topological polar surface area (TPSA) is 53.6 Å². The summed E-state index contributed by atoms with van der Waals surface area (Å²) in [4.78, 5) is 11.5. The van der Waals surface area contributed by atoms with Crippen molar-refractivity contribution in [2.45, 2.75) is 45.3 Å². The van der Waals surface area contributed by atoms with Crippen LogP contribution in [0.4, 0.5) is 4.79 Å². The summed E-state index contributed by atoms with van der Waals surface area (Å²) >= 11 is 0. The lowest BCUT2D eigenvalue weighted by molar-refractivity contribution is 0.0277. The van der Waals surface area contributed by atoms with Crippen LogP contribution in [-0.4, -0.2) is 42.9 Å². The van der Waals surface area contributed by atoms with E-state index in [0.29, 0.717) is 6.04 Å². The molecule has 0 aliphatic carbocycles. The number of hydrogen-bond donors (Lipinski definition) is 2. The molecule has 1 heterocycles. The zero-order chi connectivity index (χ0) is 12.2. The molecule has 0 aromatic rings. The first-order valence-corrected chi connectivity index (χ1v) is 5.81. The molecular weight excluding hydrogens is 206 g/mol. The maximum absolute atomic E-state index is 11.5. The number of hydrogen-bond acceptors (Lipinski definition) is 4. The van der Waals surface area contributed by atoms with Gasteiger partial charge in [0, 0.05) is 13.1 Å². The Bertz CT molecular complexity index is 232. The molecule has 0 spiro atoms. The van der Waals surface area contributed by atoms with E-state index in [1.165, 1.54) is 0 Å². The van der Waals surface area contributed by atoms with Gasteiger partial charge in [-0.05, 0) is 46.7 Å². The van der Waals surface area contributed by atoms with Gasteiger partial charge in [0.25, 0.3) is 0 Å². The first-order valence-electron chi connectivity index (χ1n) is 5.81. The van der Waals surface area contributed by atoms with Crippen LogP contribution in [0.15, 0.2) is 0 Å². The third kappa shape index (κ3) is 4.81. The SMILES string of the molecule is CN(NC(=O)OC(C)(C)C)C1CCNCC1. The van der Waals surface area contributed by atoms with Gasteiger partial charge < -0.3 is 10.1 Å². The van der Waals surface area contributed by atoms with Gasteiger partial charge in [0.2, 0.25) is 0 Å². The number of nitrogens with zero attached hydrogens (tertiary/aromatic N) is 1. The molecule has 16 heavy (non-hydrogen) atoms. The van der Waals surface area contributed by atoms with Crippen molar-refractivity contribution in [2.24, 2.45) is 0 Å². The molecule has 94 valence electrons. The Morgan fingerprint density at radius 3 is 2.44 bits per heavy atom. The van der Waals surface area contributed by atoms with Gasteiger partial charge in [-0.1, -0.05) is 0 Å². The molecule has 1 aliphatic rings. The van der Waals surface area contributed by atoms with Crippen molar-refractivity contribution in [1.82, 2.24) is 15.8 Å². The lowest BCUT2D eigenvalue weighted by Crippen LogP contribution is -2.50. The average molecular weight is 229 g/mol. The standard InChI is InChI=1S/C11H23N3O2/c1-11(2,3)16-10(15)13-14(4)9-5-7-12-8-6-9/h9,12H,5-8H2,1-4H3,(H,13,15). The summed E-state index contributed by atoms with van der Waals surface area (Å²) in [7, 11) is 1.89. The molecule has 0 aromatic carbocycles. The number of amides is 1. The fourth-order valence-corrected chi connectivity index (χ4v) is 1.73. The number of carbonyl (C=O) groups is 1. The monoisotopic (exact) mass is 229 g/mol. The molecule has 5 heteroatoms. The highest BCUT2D eigenvalue weighted by molar-refractivity contribution is 5.67. The van der Waals surface area contributed by atoms with Crippen LogP contribution in [0.3, 0.4) is 0 Å². The van der Waals surface area contributed by atoms with Crippen LogP contribution in [0.2, 0.25) is 0 Å². The van der Waals surface area contributed by atoms with E-state index in [1.807, 2.05) is 32.8 Å². The lowest BCUT2D eigenvalue weighted by atomic mass is 10.1.